The number of methoxy groups -OCH3 is 1. The summed E-state index contributed by atoms with van der Waals surface area (Å²) >= 11 is 0. The first kappa shape index (κ1) is 12.3. The number of aromatic amines is 1. The van der Waals surface area contributed by atoms with Gasteiger partial charge < -0.3 is 20.2 Å². The van der Waals surface area contributed by atoms with Crippen LogP contribution in [0.15, 0.2) is 42.5 Å². The molecule has 102 valence electrons. The van der Waals surface area contributed by atoms with Crippen LogP contribution in [0.1, 0.15) is 5.82 Å². The molecule has 0 aliphatic rings. The van der Waals surface area contributed by atoms with E-state index in [1.54, 1.807) is 13.2 Å². The molecule has 0 fully saturated rings. The number of rotatable bonds is 4. The van der Waals surface area contributed by atoms with Crippen LogP contribution >= 0.6 is 0 Å². The number of ether oxygens (including phenoxy) is 2. The van der Waals surface area contributed by atoms with Crippen molar-refractivity contribution in [2.75, 3.05) is 12.8 Å². The highest BCUT2D eigenvalue weighted by molar-refractivity contribution is 5.76. The van der Waals surface area contributed by atoms with Crippen molar-refractivity contribution in [3.05, 3.63) is 48.3 Å². The van der Waals surface area contributed by atoms with Crippen molar-refractivity contribution in [2.45, 2.75) is 6.61 Å². The topological polar surface area (TPSA) is 73.2 Å². The average Bonchev–Trinajstić information content (AvgIpc) is 2.87. The van der Waals surface area contributed by atoms with Gasteiger partial charge in [0.05, 0.1) is 18.1 Å². The van der Waals surface area contributed by atoms with Gasteiger partial charge in [-0.3, -0.25) is 0 Å². The Hall–Kier alpha value is -2.69. The van der Waals surface area contributed by atoms with E-state index in [0.717, 1.165) is 28.4 Å². The minimum Gasteiger partial charge on any atom is -0.497 e. The third-order valence-corrected chi connectivity index (χ3v) is 2.97. The van der Waals surface area contributed by atoms with Gasteiger partial charge in [-0.2, -0.15) is 0 Å². The van der Waals surface area contributed by atoms with Crippen LogP contribution in [-0.4, -0.2) is 17.1 Å². The monoisotopic (exact) mass is 269 g/mol. The summed E-state index contributed by atoms with van der Waals surface area (Å²) in [4.78, 5) is 7.67. The number of imidazole rings is 1. The highest BCUT2D eigenvalue weighted by Gasteiger charge is 2.05. The molecule has 0 saturated heterocycles. The number of H-pyrrole nitrogens is 1. The van der Waals surface area contributed by atoms with Crippen molar-refractivity contribution in [3.8, 4) is 11.5 Å². The lowest BCUT2D eigenvalue weighted by Gasteiger charge is -2.04. The summed E-state index contributed by atoms with van der Waals surface area (Å²) in [5.41, 5.74) is 8.19. The molecule has 0 aliphatic carbocycles. The van der Waals surface area contributed by atoms with E-state index in [1.165, 1.54) is 0 Å². The molecule has 0 saturated carbocycles. The number of nitrogen functional groups attached to an aromatic ring is 1. The van der Waals surface area contributed by atoms with Gasteiger partial charge in [0, 0.05) is 17.8 Å². The zero-order valence-corrected chi connectivity index (χ0v) is 11.1. The third kappa shape index (κ3) is 2.51. The average molecular weight is 269 g/mol. The standard InChI is InChI=1S/C15H15N3O2/c1-19-11-5-6-13-14(8-11)18-15(17-13)9-20-12-4-2-3-10(16)7-12/h2-8H,9,16H2,1H3,(H,17,18). The molecule has 0 spiro atoms. The molecule has 0 radical (unpaired) electrons. The molecule has 0 bridgehead atoms. The Kier molecular flexibility index (Phi) is 3.16. The van der Waals surface area contributed by atoms with E-state index in [9.17, 15) is 0 Å². The second kappa shape index (κ2) is 5.13. The van der Waals surface area contributed by atoms with Gasteiger partial charge in [0.1, 0.15) is 23.9 Å². The Balaban J connectivity index is 1.77. The Morgan fingerprint density at radius 3 is 2.85 bits per heavy atom. The van der Waals surface area contributed by atoms with E-state index in [-0.39, 0.29) is 0 Å². The highest BCUT2D eigenvalue weighted by atomic mass is 16.5. The molecule has 1 heterocycles. The lowest BCUT2D eigenvalue weighted by atomic mass is 10.3. The van der Waals surface area contributed by atoms with E-state index < -0.39 is 0 Å². The number of nitrogens with two attached hydrogens (primary N) is 1. The van der Waals surface area contributed by atoms with E-state index in [2.05, 4.69) is 9.97 Å². The normalized spacial score (nSPS) is 10.7. The molecular formula is C15H15N3O2. The molecule has 0 aliphatic heterocycles. The van der Waals surface area contributed by atoms with Crippen molar-refractivity contribution in [1.29, 1.82) is 0 Å². The van der Waals surface area contributed by atoms with Crippen LogP contribution < -0.4 is 15.2 Å². The minimum absolute atomic E-state index is 0.362. The van der Waals surface area contributed by atoms with Crippen molar-refractivity contribution >= 4 is 16.7 Å². The quantitative estimate of drug-likeness (QED) is 0.714. The van der Waals surface area contributed by atoms with Crippen LogP contribution in [0.5, 0.6) is 11.5 Å². The smallest absolute Gasteiger partial charge is 0.146 e. The maximum atomic E-state index is 5.70. The summed E-state index contributed by atoms with van der Waals surface area (Å²) < 4.78 is 10.8. The molecule has 1 aromatic heterocycles. The molecule has 0 unspecified atom stereocenters. The molecule has 2 aromatic carbocycles. The van der Waals surface area contributed by atoms with Crippen LogP contribution in [0.2, 0.25) is 0 Å². The van der Waals surface area contributed by atoms with E-state index in [0.29, 0.717) is 12.3 Å². The Bertz CT molecular complexity index is 737. The Morgan fingerprint density at radius 1 is 1.15 bits per heavy atom. The summed E-state index contributed by atoms with van der Waals surface area (Å²) in [6, 6.07) is 13.0. The van der Waals surface area contributed by atoms with Crippen LogP contribution in [0.4, 0.5) is 5.69 Å². The van der Waals surface area contributed by atoms with Crippen LogP contribution in [0, 0.1) is 0 Å². The molecule has 5 heteroatoms. The first-order valence-corrected chi connectivity index (χ1v) is 6.25. The lowest BCUT2D eigenvalue weighted by Crippen LogP contribution is -1.97. The van der Waals surface area contributed by atoms with Gasteiger partial charge in [-0.25, -0.2) is 4.98 Å². The predicted molar refractivity (Wildman–Crippen MR) is 77.8 cm³/mol. The maximum Gasteiger partial charge on any atom is 0.146 e. The number of hydrogen-bond acceptors (Lipinski definition) is 4. The first-order chi connectivity index (χ1) is 9.74. The Labute approximate surface area is 116 Å². The summed E-state index contributed by atoms with van der Waals surface area (Å²) in [6.07, 6.45) is 0. The SMILES string of the molecule is COc1ccc2nc(COc3cccc(N)c3)[nH]c2c1. The van der Waals surface area contributed by atoms with Crippen LogP contribution in [-0.2, 0) is 6.61 Å². The molecule has 3 N–H and O–H groups in total. The fourth-order valence-corrected chi connectivity index (χ4v) is 1.99. The van der Waals surface area contributed by atoms with Gasteiger partial charge in [0.25, 0.3) is 0 Å². The number of fused-ring (bicyclic) bond motifs is 1. The van der Waals surface area contributed by atoms with E-state index >= 15 is 0 Å². The number of hydrogen-bond donors (Lipinski definition) is 2. The van der Waals surface area contributed by atoms with Crippen molar-refractivity contribution < 1.29 is 9.47 Å². The van der Waals surface area contributed by atoms with E-state index in [1.807, 2.05) is 36.4 Å². The maximum absolute atomic E-state index is 5.70. The second-order valence-corrected chi connectivity index (χ2v) is 4.43. The largest absolute Gasteiger partial charge is 0.497 e. The molecule has 0 atom stereocenters. The number of nitrogens with zero attached hydrogens (tertiary/aromatic N) is 1. The summed E-state index contributed by atoms with van der Waals surface area (Å²) in [5.74, 6) is 2.28. The van der Waals surface area contributed by atoms with Gasteiger partial charge in [0.2, 0.25) is 0 Å². The van der Waals surface area contributed by atoms with Gasteiger partial charge in [-0.15, -0.1) is 0 Å². The zero-order valence-electron chi connectivity index (χ0n) is 11.1. The highest BCUT2D eigenvalue weighted by Crippen LogP contribution is 2.20. The summed E-state index contributed by atoms with van der Waals surface area (Å²) in [5, 5.41) is 0. The molecule has 3 rings (SSSR count). The molecular weight excluding hydrogens is 254 g/mol. The second-order valence-electron chi connectivity index (χ2n) is 4.43. The molecule has 3 aromatic rings. The first-order valence-electron chi connectivity index (χ1n) is 6.25. The van der Waals surface area contributed by atoms with Crippen LogP contribution in [0.3, 0.4) is 0 Å². The number of aromatic nitrogens is 2. The minimum atomic E-state index is 0.362. The van der Waals surface area contributed by atoms with Gasteiger partial charge in [-0.05, 0) is 24.3 Å². The van der Waals surface area contributed by atoms with E-state index in [4.69, 9.17) is 15.2 Å². The molecule has 5 nitrogen and oxygen atoms in total. The van der Waals surface area contributed by atoms with Crippen molar-refractivity contribution in [3.63, 3.8) is 0 Å². The van der Waals surface area contributed by atoms with Gasteiger partial charge in [-0.1, -0.05) is 6.07 Å². The fraction of sp³-hybridized carbons (Fsp3) is 0.133. The summed E-state index contributed by atoms with van der Waals surface area (Å²) in [6.45, 7) is 0.362. The van der Waals surface area contributed by atoms with Crippen LogP contribution in [0.25, 0.3) is 11.0 Å². The zero-order chi connectivity index (χ0) is 13.9. The molecule has 20 heavy (non-hydrogen) atoms. The van der Waals surface area contributed by atoms with Crippen molar-refractivity contribution in [2.24, 2.45) is 0 Å². The predicted octanol–water partition coefficient (Wildman–Crippen LogP) is 2.73. The third-order valence-electron chi connectivity index (χ3n) is 2.97. The number of anilines is 1. The fourth-order valence-electron chi connectivity index (χ4n) is 1.99. The number of nitrogens with one attached hydrogen (secondary N) is 1. The summed E-state index contributed by atoms with van der Waals surface area (Å²) in [7, 11) is 1.64. The van der Waals surface area contributed by atoms with Crippen molar-refractivity contribution in [1.82, 2.24) is 9.97 Å². The Morgan fingerprint density at radius 2 is 2.05 bits per heavy atom. The number of benzene rings is 2. The lowest BCUT2D eigenvalue weighted by molar-refractivity contribution is 0.297. The van der Waals surface area contributed by atoms with Gasteiger partial charge in [0.15, 0.2) is 0 Å². The molecule has 0 amide bonds. The van der Waals surface area contributed by atoms with Gasteiger partial charge >= 0.3 is 0 Å².